The third kappa shape index (κ3) is 1.49. The van der Waals surface area contributed by atoms with Crippen molar-refractivity contribution < 1.29 is 4.74 Å². The molecule has 0 aliphatic carbocycles. The Hall–Kier alpha value is -1.16. The van der Waals surface area contributed by atoms with Crippen LogP contribution in [0.2, 0.25) is 0 Å². The van der Waals surface area contributed by atoms with Crippen LogP contribution in [0.25, 0.3) is 0 Å². The molecule has 70 valence electrons. The number of rotatable bonds is 2. The molecule has 1 fully saturated rings. The lowest BCUT2D eigenvalue weighted by Gasteiger charge is -2.47. The van der Waals surface area contributed by atoms with Gasteiger partial charge in [0.1, 0.15) is 0 Å². The van der Waals surface area contributed by atoms with Crippen molar-refractivity contribution in [2.24, 2.45) is 0 Å². The monoisotopic (exact) mass is 179 g/mol. The number of hydrogen-bond donors (Lipinski definition) is 0. The summed E-state index contributed by atoms with van der Waals surface area (Å²) in [6, 6.07) is 3.85. The Kier molecular flexibility index (Phi) is 1.92. The second-order valence-corrected chi connectivity index (χ2v) is 3.59. The largest absolute Gasteiger partial charge is 0.375 e. The molecular weight excluding hydrogens is 166 g/mol. The Labute approximate surface area is 77.5 Å². The van der Waals surface area contributed by atoms with Crippen LogP contribution in [-0.2, 0) is 4.74 Å². The van der Waals surface area contributed by atoms with Gasteiger partial charge in [-0.2, -0.15) is 5.10 Å². The van der Waals surface area contributed by atoms with E-state index in [1.54, 1.807) is 13.3 Å². The quantitative estimate of drug-likeness (QED) is 0.670. The summed E-state index contributed by atoms with van der Waals surface area (Å²) in [5, 5.41) is 7.85. The number of ether oxygens (including phenoxy) is 1. The molecule has 13 heavy (non-hydrogen) atoms. The van der Waals surface area contributed by atoms with E-state index >= 15 is 0 Å². The van der Waals surface area contributed by atoms with Crippen molar-refractivity contribution in [2.45, 2.75) is 12.5 Å². The first-order chi connectivity index (χ1) is 6.23. The van der Waals surface area contributed by atoms with E-state index in [1.807, 2.05) is 12.1 Å². The van der Waals surface area contributed by atoms with Crippen LogP contribution in [0.15, 0.2) is 18.3 Å². The van der Waals surface area contributed by atoms with Crippen molar-refractivity contribution in [1.29, 1.82) is 0 Å². The topological polar surface area (TPSA) is 38.2 Å². The van der Waals surface area contributed by atoms with E-state index in [0.29, 0.717) is 0 Å². The van der Waals surface area contributed by atoms with Gasteiger partial charge in [-0.15, -0.1) is 5.10 Å². The van der Waals surface area contributed by atoms with E-state index in [2.05, 4.69) is 22.0 Å². The van der Waals surface area contributed by atoms with Gasteiger partial charge in [0.25, 0.3) is 0 Å². The molecular formula is C9H13N3O. The molecule has 0 aromatic carbocycles. The zero-order valence-corrected chi connectivity index (χ0v) is 7.90. The van der Waals surface area contributed by atoms with E-state index in [9.17, 15) is 0 Å². The molecule has 0 saturated carbocycles. The Balaban J connectivity index is 2.01. The van der Waals surface area contributed by atoms with Crippen LogP contribution in [0.1, 0.15) is 6.92 Å². The van der Waals surface area contributed by atoms with Gasteiger partial charge in [0, 0.05) is 13.3 Å². The summed E-state index contributed by atoms with van der Waals surface area (Å²) in [4.78, 5) is 2.15. The van der Waals surface area contributed by atoms with Gasteiger partial charge in [0.2, 0.25) is 0 Å². The Morgan fingerprint density at radius 1 is 1.54 bits per heavy atom. The molecule has 1 aromatic heterocycles. The van der Waals surface area contributed by atoms with Crippen molar-refractivity contribution in [3.05, 3.63) is 18.3 Å². The predicted molar refractivity (Wildman–Crippen MR) is 49.7 cm³/mol. The normalized spacial score (nSPS) is 19.7. The molecule has 1 aliphatic heterocycles. The maximum atomic E-state index is 5.34. The maximum Gasteiger partial charge on any atom is 0.151 e. The summed E-state index contributed by atoms with van der Waals surface area (Å²) >= 11 is 0. The van der Waals surface area contributed by atoms with Crippen molar-refractivity contribution in [3.8, 4) is 0 Å². The van der Waals surface area contributed by atoms with Crippen molar-refractivity contribution >= 4 is 5.82 Å². The summed E-state index contributed by atoms with van der Waals surface area (Å²) in [6.45, 7) is 3.88. The third-order valence-electron chi connectivity index (χ3n) is 2.43. The average Bonchev–Trinajstić information content (AvgIpc) is 2.14. The Morgan fingerprint density at radius 2 is 2.31 bits per heavy atom. The van der Waals surface area contributed by atoms with Crippen LogP contribution in [0, 0.1) is 0 Å². The molecule has 0 bridgehead atoms. The summed E-state index contributed by atoms with van der Waals surface area (Å²) in [5.74, 6) is 0.928. The number of methoxy groups -OCH3 is 1. The van der Waals surface area contributed by atoms with E-state index in [4.69, 9.17) is 4.74 Å². The van der Waals surface area contributed by atoms with Crippen LogP contribution in [0.4, 0.5) is 5.82 Å². The van der Waals surface area contributed by atoms with E-state index in [0.717, 1.165) is 18.9 Å². The molecule has 2 rings (SSSR count). The third-order valence-corrected chi connectivity index (χ3v) is 2.43. The summed E-state index contributed by atoms with van der Waals surface area (Å²) in [7, 11) is 1.74. The lowest BCUT2D eigenvalue weighted by Crippen LogP contribution is -2.61. The highest BCUT2D eigenvalue weighted by Gasteiger charge is 2.39. The lowest BCUT2D eigenvalue weighted by molar-refractivity contribution is -0.0172. The SMILES string of the molecule is COC1(C)CN(c2cccnn2)C1. The smallest absolute Gasteiger partial charge is 0.151 e. The number of aromatic nitrogens is 2. The minimum Gasteiger partial charge on any atom is -0.375 e. The van der Waals surface area contributed by atoms with E-state index in [-0.39, 0.29) is 5.60 Å². The van der Waals surface area contributed by atoms with Gasteiger partial charge in [-0.3, -0.25) is 0 Å². The van der Waals surface area contributed by atoms with E-state index in [1.165, 1.54) is 0 Å². The molecule has 4 heteroatoms. The number of hydrogen-bond acceptors (Lipinski definition) is 4. The molecule has 1 aliphatic rings. The summed E-state index contributed by atoms with van der Waals surface area (Å²) in [6.07, 6.45) is 1.68. The maximum absolute atomic E-state index is 5.34. The fourth-order valence-electron chi connectivity index (χ4n) is 1.51. The molecule has 1 saturated heterocycles. The molecule has 0 amide bonds. The van der Waals surface area contributed by atoms with Crippen LogP contribution >= 0.6 is 0 Å². The number of anilines is 1. The van der Waals surface area contributed by atoms with Gasteiger partial charge in [-0.25, -0.2) is 0 Å². The van der Waals surface area contributed by atoms with Crippen LogP contribution in [-0.4, -0.2) is 36.0 Å². The molecule has 0 spiro atoms. The summed E-state index contributed by atoms with van der Waals surface area (Å²) < 4.78 is 5.34. The fraction of sp³-hybridized carbons (Fsp3) is 0.556. The van der Waals surface area contributed by atoms with E-state index < -0.39 is 0 Å². The second kappa shape index (κ2) is 2.96. The highest BCUT2D eigenvalue weighted by atomic mass is 16.5. The second-order valence-electron chi connectivity index (χ2n) is 3.59. The number of nitrogens with zero attached hydrogens (tertiary/aromatic N) is 3. The van der Waals surface area contributed by atoms with Gasteiger partial charge in [-0.05, 0) is 19.1 Å². The molecule has 2 heterocycles. The fourth-order valence-corrected chi connectivity index (χ4v) is 1.51. The van der Waals surface area contributed by atoms with Crippen molar-refractivity contribution in [3.63, 3.8) is 0 Å². The lowest BCUT2D eigenvalue weighted by atomic mass is 9.97. The minimum atomic E-state index is -0.00246. The van der Waals surface area contributed by atoms with Gasteiger partial charge in [-0.1, -0.05) is 0 Å². The molecule has 1 aromatic rings. The molecule has 0 unspecified atom stereocenters. The first-order valence-electron chi connectivity index (χ1n) is 4.31. The first kappa shape index (κ1) is 8.44. The Morgan fingerprint density at radius 3 is 2.85 bits per heavy atom. The van der Waals surface area contributed by atoms with Crippen LogP contribution < -0.4 is 4.90 Å². The molecule has 0 N–H and O–H groups in total. The zero-order chi connectivity index (χ0) is 9.31. The molecule has 0 radical (unpaired) electrons. The average molecular weight is 179 g/mol. The van der Waals surface area contributed by atoms with Gasteiger partial charge >= 0.3 is 0 Å². The highest BCUT2D eigenvalue weighted by molar-refractivity contribution is 5.42. The van der Waals surface area contributed by atoms with Gasteiger partial charge < -0.3 is 9.64 Å². The van der Waals surface area contributed by atoms with Crippen LogP contribution in [0.3, 0.4) is 0 Å². The van der Waals surface area contributed by atoms with Crippen LogP contribution in [0.5, 0.6) is 0 Å². The van der Waals surface area contributed by atoms with Gasteiger partial charge in [0.05, 0.1) is 18.7 Å². The minimum absolute atomic E-state index is 0.00246. The standard InChI is InChI=1S/C9H13N3O/c1-9(13-2)6-12(7-9)8-4-3-5-10-11-8/h3-5H,6-7H2,1-2H3. The Bertz CT molecular complexity index is 282. The highest BCUT2D eigenvalue weighted by Crippen LogP contribution is 2.27. The van der Waals surface area contributed by atoms with Crippen molar-refractivity contribution in [1.82, 2.24) is 10.2 Å². The molecule has 0 atom stereocenters. The first-order valence-corrected chi connectivity index (χ1v) is 4.31. The van der Waals surface area contributed by atoms with Gasteiger partial charge in [0.15, 0.2) is 5.82 Å². The van der Waals surface area contributed by atoms with Crippen molar-refractivity contribution in [2.75, 3.05) is 25.1 Å². The summed E-state index contributed by atoms with van der Waals surface area (Å²) in [5.41, 5.74) is -0.00246. The predicted octanol–water partition coefficient (Wildman–Crippen LogP) is 0.702. The zero-order valence-electron chi connectivity index (χ0n) is 7.90. The molecule has 4 nitrogen and oxygen atoms in total.